The second-order valence-corrected chi connectivity index (χ2v) is 6.03. The number of fused-ring (bicyclic) bond motifs is 1. The first-order valence-electron chi connectivity index (χ1n) is 8.19. The van der Waals surface area contributed by atoms with Crippen molar-refractivity contribution in [3.05, 3.63) is 60.8 Å². The number of nitrogens with two attached hydrogens (primary N) is 1. The predicted octanol–water partition coefficient (Wildman–Crippen LogP) is 3.83. The van der Waals surface area contributed by atoms with Crippen LogP contribution in [0.1, 0.15) is 6.92 Å². The van der Waals surface area contributed by atoms with Gasteiger partial charge in [0.2, 0.25) is 5.91 Å². The topological polar surface area (TPSA) is 96.7 Å². The lowest BCUT2D eigenvalue weighted by molar-refractivity contribution is -0.114. The third kappa shape index (κ3) is 2.88. The van der Waals surface area contributed by atoms with Crippen LogP contribution in [-0.2, 0) is 4.79 Å². The number of rotatable bonds is 3. The highest BCUT2D eigenvalue weighted by molar-refractivity contribution is 6.02. The van der Waals surface area contributed by atoms with Gasteiger partial charge in [0.25, 0.3) is 0 Å². The molecule has 0 radical (unpaired) electrons. The van der Waals surface area contributed by atoms with E-state index < -0.39 is 0 Å². The molecule has 4 N–H and O–H groups in total. The lowest BCUT2D eigenvalue weighted by Crippen LogP contribution is -2.07. The van der Waals surface area contributed by atoms with Gasteiger partial charge in [-0.1, -0.05) is 30.3 Å². The molecule has 6 nitrogen and oxygen atoms in total. The summed E-state index contributed by atoms with van der Waals surface area (Å²) in [6.45, 7) is 1.46. The molecule has 0 aliphatic heterocycles. The van der Waals surface area contributed by atoms with E-state index in [2.05, 4.69) is 26.6 Å². The van der Waals surface area contributed by atoms with Crippen LogP contribution < -0.4 is 11.1 Å². The number of pyridine rings is 1. The quantitative estimate of drug-likeness (QED) is 0.526. The monoisotopic (exact) mass is 343 g/mol. The van der Waals surface area contributed by atoms with Crippen LogP contribution in [0.4, 0.5) is 11.6 Å². The summed E-state index contributed by atoms with van der Waals surface area (Å²) >= 11 is 0. The van der Waals surface area contributed by atoms with Crippen molar-refractivity contribution in [2.75, 3.05) is 11.1 Å². The van der Waals surface area contributed by atoms with Gasteiger partial charge in [-0.25, -0.2) is 4.98 Å². The van der Waals surface area contributed by atoms with Crippen molar-refractivity contribution in [3.63, 3.8) is 0 Å². The second kappa shape index (κ2) is 6.33. The van der Waals surface area contributed by atoms with E-state index in [4.69, 9.17) is 5.73 Å². The molecule has 128 valence electrons. The number of nitrogens with one attached hydrogen (secondary N) is 2. The zero-order valence-corrected chi connectivity index (χ0v) is 14.2. The highest BCUT2D eigenvalue weighted by Gasteiger charge is 2.13. The smallest absolute Gasteiger partial charge is 0.222 e. The van der Waals surface area contributed by atoms with E-state index in [1.165, 1.54) is 6.92 Å². The molecule has 0 aliphatic rings. The molecule has 2 aromatic carbocycles. The Bertz CT molecular complexity index is 1100. The fraction of sp³-hybridized carbons (Fsp3) is 0.0500. The van der Waals surface area contributed by atoms with Gasteiger partial charge in [0, 0.05) is 24.1 Å². The minimum Gasteiger partial charge on any atom is -0.382 e. The van der Waals surface area contributed by atoms with E-state index >= 15 is 0 Å². The van der Waals surface area contributed by atoms with E-state index in [-0.39, 0.29) is 5.91 Å². The Labute approximate surface area is 150 Å². The lowest BCUT2D eigenvalue weighted by Gasteiger charge is -2.09. The van der Waals surface area contributed by atoms with Gasteiger partial charge in [0.05, 0.1) is 5.52 Å². The zero-order chi connectivity index (χ0) is 18.1. The van der Waals surface area contributed by atoms with E-state index in [0.29, 0.717) is 11.6 Å². The summed E-state index contributed by atoms with van der Waals surface area (Å²) in [5.74, 6) is 0.806. The molecule has 0 fully saturated rings. The molecule has 0 saturated heterocycles. The van der Waals surface area contributed by atoms with Gasteiger partial charge >= 0.3 is 0 Å². The summed E-state index contributed by atoms with van der Waals surface area (Å²) < 4.78 is 0. The standard InChI is InChI=1S/C20H17N5O/c1-12(26)23-18-11-14(7-8-22-18)15-9-16(13-5-3-2-4-6-13)19-17(10-15)20(21)25-24-19/h2-11H,1H3,(H3,21,24,25)(H,22,23,26). The average molecular weight is 343 g/mol. The lowest BCUT2D eigenvalue weighted by atomic mass is 9.96. The predicted molar refractivity (Wildman–Crippen MR) is 103 cm³/mol. The number of nitrogens with zero attached hydrogens (tertiary/aromatic N) is 2. The number of H-pyrrole nitrogens is 1. The van der Waals surface area contributed by atoms with Crippen molar-refractivity contribution in [3.8, 4) is 22.3 Å². The summed E-state index contributed by atoms with van der Waals surface area (Å²) in [7, 11) is 0. The van der Waals surface area contributed by atoms with E-state index in [9.17, 15) is 4.79 Å². The summed E-state index contributed by atoms with van der Waals surface area (Å²) in [6.07, 6.45) is 1.67. The summed E-state index contributed by atoms with van der Waals surface area (Å²) in [4.78, 5) is 15.5. The van der Waals surface area contributed by atoms with E-state index in [0.717, 1.165) is 33.2 Å². The number of benzene rings is 2. The minimum atomic E-state index is -0.158. The largest absolute Gasteiger partial charge is 0.382 e. The maximum atomic E-state index is 11.3. The SMILES string of the molecule is CC(=O)Nc1cc(-c2cc(-c3ccccc3)c3[nH]nc(N)c3c2)ccn1. The number of amides is 1. The Morgan fingerprint density at radius 1 is 1.04 bits per heavy atom. The average Bonchev–Trinajstić information content (AvgIpc) is 3.02. The van der Waals surface area contributed by atoms with Crippen molar-refractivity contribution in [1.29, 1.82) is 0 Å². The number of hydrogen-bond donors (Lipinski definition) is 3. The van der Waals surface area contributed by atoms with Crippen molar-refractivity contribution in [2.24, 2.45) is 0 Å². The first-order chi connectivity index (χ1) is 12.6. The molecule has 2 heterocycles. The Hall–Kier alpha value is -3.67. The van der Waals surface area contributed by atoms with E-state index in [1.807, 2.05) is 48.5 Å². The molecule has 4 rings (SSSR count). The van der Waals surface area contributed by atoms with Crippen LogP contribution in [0.3, 0.4) is 0 Å². The number of aromatic amines is 1. The second-order valence-electron chi connectivity index (χ2n) is 6.03. The number of aromatic nitrogens is 3. The van der Waals surface area contributed by atoms with Gasteiger partial charge in [0.1, 0.15) is 5.82 Å². The molecule has 0 unspecified atom stereocenters. The Balaban J connectivity index is 1.91. The van der Waals surface area contributed by atoms with Crippen molar-refractivity contribution >= 4 is 28.4 Å². The van der Waals surface area contributed by atoms with Gasteiger partial charge < -0.3 is 11.1 Å². The van der Waals surface area contributed by atoms with Crippen LogP contribution in [0.15, 0.2) is 60.8 Å². The highest BCUT2D eigenvalue weighted by atomic mass is 16.1. The molecule has 2 aromatic heterocycles. The first kappa shape index (κ1) is 15.8. The maximum absolute atomic E-state index is 11.3. The number of carbonyl (C=O) groups excluding carboxylic acids is 1. The van der Waals surface area contributed by atoms with Crippen LogP contribution >= 0.6 is 0 Å². The van der Waals surface area contributed by atoms with Crippen LogP contribution in [-0.4, -0.2) is 21.1 Å². The summed E-state index contributed by atoms with van der Waals surface area (Å²) in [6, 6.07) is 17.9. The molecule has 0 saturated carbocycles. The molecule has 0 atom stereocenters. The number of nitrogen functional groups attached to an aromatic ring is 1. The fourth-order valence-electron chi connectivity index (χ4n) is 3.01. The van der Waals surface area contributed by atoms with Crippen LogP contribution in [0, 0.1) is 0 Å². The Morgan fingerprint density at radius 3 is 2.62 bits per heavy atom. The van der Waals surface area contributed by atoms with Gasteiger partial charge in [-0.05, 0) is 41.0 Å². The molecule has 1 amide bonds. The molecule has 0 spiro atoms. The third-order valence-corrected chi connectivity index (χ3v) is 4.18. The summed E-state index contributed by atoms with van der Waals surface area (Å²) in [5, 5.41) is 10.8. The summed E-state index contributed by atoms with van der Waals surface area (Å²) in [5.41, 5.74) is 10.9. The number of hydrogen-bond acceptors (Lipinski definition) is 4. The molecule has 0 bridgehead atoms. The molecule has 0 aliphatic carbocycles. The maximum Gasteiger partial charge on any atom is 0.222 e. The van der Waals surface area contributed by atoms with Gasteiger partial charge in [0.15, 0.2) is 5.82 Å². The van der Waals surface area contributed by atoms with Gasteiger partial charge in [-0.15, -0.1) is 0 Å². The fourth-order valence-corrected chi connectivity index (χ4v) is 3.01. The molecular weight excluding hydrogens is 326 g/mol. The zero-order valence-electron chi connectivity index (χ0n) is 14.2. The highest BCUT2D eigenvalue weighted by Crippen LogP contribution is 2.35. The van der Waals surface area contributed by atoms with Gasteiger partial charge in [-0.3, -0.25) is 9.89 Å². The van der Waals surface area contributed by atoms with Crippen LogP contribution in [0.2, 0.25) is 0 Å². The molecular formula is C20H17N5O. The van der Waals surface area contributed by atoms with Gasteiger partial charge in [-0.2, -0.15) is 5.10 Å². The van der Waals surface area contributed by atoms with Crippen LogP contribution in [0.25, 0.3) is 33.2 Å². The first-order valence-corrected chi connectivity index (χ1v) is 8.19. The molecule has 6 heteroatoms. The van der Waals surface area contributed by atoms with Crippen molar-refractivity contribution < 1.29 is 4.79 Å². The number of anilines is 2. The number of carbonyl (C=O) groups is 1. The normalized spacial score (nSPS) is 10.8. The Kier molecular flexibility index (Phi) is 3.85. The minimum absolute atomic E-state index is 0.158. The third-order valence-electron chi connectivity index (χ3n) is 4.18. The molecule has 26 heavy (non-hydrogen) atoms. The molecule has 4 aromatic rings. The van der Waals surface area contributed by atoms with Crippen LogP contribution in [0.5, 0.6) is 0 Å². The van der Waals surface area contributed by atoms with Crippen molar-refractivity contribution in [1.82, 2.24) is 15.2 Å². The Morgan fingerprint density at radius 2 is 1.85 bits per heavy atom. The van der Waals surface area contributed by atoms with Crippen molar-refractivity contribution in [2.45, 2.75) is 6.92 Å². The van der Waals surface area contributed by atoms with E-state index in [1.54, 1.807) is 6.20 Å².